The zero-order chi connectivity index (χ0) is 25.1. The number of para-hydroxylation sites is 1. The van der Waals surface area contributed by atoms with Gasteiger partial charge < -0.3 is 0 Å². The highest BCUT2D eigenvalue weighted by atomic mass is 16.1. The maximum atomic E-state index is 14.3. The van der Waals surface area contributed by atoms with Crippen LogP contribution in [0, 0.1) is 13.8 Å². The van der Waals surface area contributed by atoms with Gasteiger partial charge in [-0.05, 0) is 70.5 Å². The summed E-state index contributed by atoms with van der Waals surface area (Å²) in [6.45, 7) is 4.31. The summed E-state index contributed by atoms with van der Waals surface area (Å²) < 4.78 is 1.95. The number of pyridine rings is 1. The van der Waals surface area contributed by atoms with Crippen LogP contribution in [0.15, 0.2) is 120 Å². The van der Waals surface area contributed by atoms with Gasteiger partial charge in [-0.15, -0.1) is 0 Å². The third-order valence-electron chi connectivity index (χ3n) is 7.69. The van der Waals surface area contributed by atoms with E-state index >= 15 is 0 Å². The molecule has 0 unspecified atom stereocenters. The summed E-state index contributed by atoms with van der Waals surface area (Å²) in [5.74, 6) is 0. The molecule has 176 valence electrons. The molecule has 0 radical (unpaired) electrons. The molecule has 37 heavy (non-hydrogen) atoms. The van der Waals surface area contributed by atoms with E-state index in [4.69, 9.17) is 0 Å². The zero-order valence-corrected chi connectivity index (χ0v) is 20.8. The average molecular weight is 476 g/mol. The molecule has 1 aromatic heterocycles. The average Bonchev–Trinajstić information content (AvgIpc) is 2.94. The van der Waals surface area contributed by atoms with Crippen molar-refractivity contribution in [2.45, 2.75) is 13.8 Å². The fourth-order valence-electron chi connectivity index (χ4n) is 5.83. The topological polar surface area (TPSA) is 22.0 Å². The number of rotatable bonds is 2. The third kappa shape index (κ3) is 3.16. The van der Waals surface area contributed by atoms with Gasteiger partial charge in [-0.3, -0.25) is 9.36 Å². The Labute approximate surface area is 215 Å². The highest BCUT2D eigenvalue weighted by molar-refractivity contribution is 6.19. The van der Waals surface area contributed by atoms with Gasteiger partial charge in [0.05, 0.1) is 11.2 Å². The van der Waals surface area contributed by atoms with Crippen LogP contribution in [-0.2, 0) is 0 Å². The molecule has 0 bridgehead atoms. The SMILES string of the molecule is Cc1cc2c(-c3ccccc3)c3ccccc3c(-n3c(=O)c4ccccc4c4ccccc43)c2cc1C. The Morgan fingerprint density at radius 2 is 1.03 bits per heavy atom. The largest absolute Gasteiger partial charge is 0.275 e. The highest BCUT2D eigenvalue weighted by Gasteiger charge is 2.20. The molecule has 6 aromatic carbocycles. The smallest absolute Gasteiger partial charge is 0.263 e. The Bertz CT molecular complexity index is 2070. The fraction of sp³-hybridized carbons (Fsp3) is 0.0571. The Morgan fingerprint density at radius 3 is 1.76 bits per heavy atom. The maximum absolute atomic E-state index is 14.3. The second kappa shape index (κ2) is 8.18. The number of fused-ring (bicyclic) bond motifs is 5. The predicted molar refractivity (Wildman–Crippen MR) is 157 cm³/mol. The van der Waals surface area contributed by atoms with E-state index in [1.165, 1.54) is 22.3 Å². The van der Waals surface area contributed by atoms with Gasteiger partial charge in [0.25, 0.3) is 5.56 Å². The van der Waals surface area contributed by atoms with Crippen LogP contribution in [0.5, 0.6) is 0 Å². The lowest BCUT2D eigenvalue weighted by molar-refractivity contribution is 1.08. The van der Waals surface area contributed by atoms with Gasteiger partial charge in [-0.25, -0.2) is 0 Å². The quantitative estimate of drug-likeness (QED) is 0.181. The molecule has 0 amide bonds. The van der Waals surface area contributed by atoms with E-state index in [0.717, 1.165) is 48.9 Å². The van der Waals surface area contributed by atoms with Crippen LogP contribution in [0.3, 0.4) is 0 Å². The van der Waals surface area contributed by atoms with Gasteiger partial charge in [0.2, 0.25) is 0 Å². The molecule has 0 N–H and O–H groups in total. The first-order valence-electron chi connectivity index (χ1n) is 12.7. The second-order valence-electron chi connectivity index (χ2n) is 9.82. The van der Waals surface area contributed by atoms with E-state index in [2.05, 4.69) is 92.7 Å². The van der Waals surface area contributed by atoms with Crippen LogP contribution >= 0.6 is 0 Å². The van der Waals surface area contributed by atoms with E-state index < -0.39 is 0 Å². The Kier molecular flexibility index (Phi) is 4.77. The van der Waals surface area contributed by atoms with Crippen molar-refractivity contribution in [1.82, 2.24) is 4.57 Å². The van der Waals surface area contributed by atoms with Gasteiger partial charge >= 0.3 is 0 Å². The van der Waals surface area contributed by atoms with Crippen molar-refractivity contribution in [2.75, 3.05) is 0 Å². The Balaban J connectivity index is 1.79. The first kappa shape index (κ1) is 21.6. The van der Waals surface area contributed by atoms with E-state index in [-0.39, 0.29) is 5.56 Å². The lowest BCUT2D eigenvalue weighted by Gasteiger charge is -2.21. The molecule has 7 aromatic rings. The summed E-state index contributed by atoms with van der Waals surface area (Å²) in [5.41, 5.74) is 6.70. The monoisotopic (exact) mass is 475 g/mol. The molecule has 1 heterocycles. The molecule has 0 spiro atoms. The fourth-order valence-corrected chi connectivity index (χ4v) is 5.83. The predicted octanol–water partition coefficient (Wildman–Crippen LogP) is 8.73. The van der Waals surface area contributed by atoms with Crippen LogP contribution in [0.4, 0.5) is 0 Å². The van der Waals surface area contributed by atoms with Crippen molar-refractivity contribution in [3.05, 3.63) is 137 Å². The van der Waals surface area contributed by atoms with E-state index in [9.17, 15) is 4.79 Å². The molecular weight excluding hydrogens is 450 g/mol. The zero-order valence-electron chi connectivity index (χ0n) is 20.8. The van der Waals surface area contributed by atoms with Crippen molar-refractivity contribution in [1.29, 1.82) is 0 Å². The van der Waals surface area contributed by atoms with Crippen molar-refractivity contribution in [2.24, 2.45) is 0 Å². The van der Waals surface area contributed by atoms with Gasteiger partial charge in [0.15, 0.2) is 0 Å². The number of hydrogen-bond donors (Lipinski definition) is 0. The summed E-state index contributed by atoms with van der Waals surface area (Å²) in [5, 5.41) is 7.25. The third-order valence-corrected chi connectivity index (χ3v) is 7.69. The second-order valence-corrected chi connectivity index (χ2v) is 9.82. The normalized spacial score (nSPS) is 11.6. The molecule has 0 aliphatic heterocycles. The molecule has 0 aliphatic rings. The lowest BCUT2D eigenvalue weighted by atomic mass is 9.88. The summed E-state index contributed by atoms with van der Waals surface area (Å²) in [6, 6.07) is 39.8. The van der Waals surface area contributed by atoms with Crippen LogP contribution in [-0.4, -0.2) is 4.57 Å². The number of aromatic nitrogens is 1. The van der Waals surface area contributed by atoms with Gasteiger partial charge in [0, 0.05) is 21.5 Å². The van der Waals surface area contributed by atoms with Crippen LogP contribution in [0.25, 0.3) is 60.0 Å². The number of aryl methyl sites for hydroxylation is 2. The number of benzene rings is 6. The minimum atomic E-state index is 0.00597. The van der Waals surface area contributed by atoms with Gasteiger partial charge in [-0.1, -0.05) is 97.1 Å². The summed E-state index contributed by atoms with van der Waals surface area (Å²) >= 11 is 0. The summed E-state index contributed by atoms with van der Waals surface area (Å²) in [6.07, 6.45) is 0. The van der Waals surface area contributed by atoms with Gasteiger partial charge in [-0.2, -0.15) is 0 Å². The van der Waals surface area contributed by atoms with Crippen LogP contribution in [0.2, 0.25) is 0 Å². The minimum absolute atomic E-state index is 0.00597. The molecule has 0 fully saturated rings. The molecule has 0 saturated carbocycles. The standard InChI is InChI=1S/C35H25NO/c1-22-20-30-31(21-23(22)2)34(28-17-8-7-16-27(28)33(30)24-12-4-3-5-13-24)36-32-19-11-10-15-26(32)25-14-6-9-18-29(25)35(36)37/h3-21H,1-2H3. The Hall–Kier alpha value is -4.69. The first-order valence-corrected chi connectivity index (χ1v) is 12.7. The molecule has 0 saturated heterocycles. The molecule has 7 rings (SSSR count). The summed E-state index contributed by atoms with van der Waals surface area (Å²) in [4.78, 5) is 14.3. The number of hydrogen-bond acceptors (Lipinski definition) is 1. The maximum Gasteiger partial charge on any atom is 0.263 e. The highest BCUT2D eigenvalue weighted by Crippen LogP contribution is 2.42. The molecule has 0 atom stereocenters. The molecule has 2 nitrogen and oxygen atoms in total. The minimum Gasteiger partial charge on any atom is -0.275 e. The van der Waals surface area contributed by atoms with Crippen LogP contribution < -0.4 is 5.56 Å². The molecule has 2 heteroatoms. The van der Waals surface area contributed by atoms with E-state index in [1.807, 2.05) is 41.0 Å². The van der Waals surface area contributed by atoms with E-state index in [0.29, 0.717) is 0 Å². The molecule has 0 aliphatic carbocycles. The summed E-state index contributed by atoms with van der Waals surface area (Å²) in [7, 11) is 0. The van der Waals surface area contributed by atoms with Crippen molar-refractivity contribution in [3.63, 3.8) is 0 Å². The van der Waals surface area contributed by atoms with Crippen molar-refractivity contribution >= 4 is 43.2 Å². The number of nitrogens with zero attached hydrogens (tertiary/aromatic N) is 1. The van der Waals surface area contributed by atoms with Crippen LogP contribution in [0.1, 0.15) is 11.1 Å². The van der Waals surface area contributed by atoms with Gasteiger partial charge in [0.1, 0.15) is 0 Å². The van der Waals surface area contributed by atoms with E-state index in [1.54, 1.807) is 0 Å². The Morgan fingerprint density at radius 1 is 0.486 bits per heavy atom. The lowest BCUT2D eigenvalue weighted by Crippen LogP contribution is -2.20. The van der Waals surface area contributed by atoms with Crippen molar-refractivity contribution in [3.8, 4) is 16.8 Å². The molecular formula is C35H25NO. The van der Waals surface area contributed by atoms with Crippen molar-refractivity contribution < 1.29 is 0 Å². The first-order chi connectivity index (χ1) is 18.1.